The van der Waals surface area contributed by atoms with Gasteiger partial charge in [-0.25, -0.2) is 18.3 Å². The van der Waals surface area contributed by atoms with E-state index in [-0.39, 0.29) is 36.7 Å². The number of nitrogens with zero attached hydrogens (tertiary/aromatic N) is 9. The van der Waals surface area contributed by atoms with E-state index in [1.54, 1.807) is 26.7 Å². The summed E-state index contributed by atoms with van der Waals surface area (Å²) < 4.78 is 36.8. The minimum atomic E-state index is -0.966. The van der Waals surface area contributed by atoms with Crippen LogP contribution in [0.15, 0.2) is 73.2 Å². The van der Waals surface area contributed by atoms with E-state index in [0.29, 0.717) is 86.6 Å². The normalized spacial score (nSPS) is 18.0. The Balaban J connectivity index is 0.809. The number of rotatable bonds is 16. The highest BCUT2D eigenvalue weighted by Gasteiger charge is 2.41. The number of ether oxygens (including phenoxy) is 1. The Hall–Kier alpha value is -7.46. The van der Waals surface area contributed by atoms with Crippen LogP contribution in [0.5, 0.6) is 5.75 Å². The van der Waals surface area contributed by atoms with Crippen molar-refractivity contribution in [2.24, 2.45) is 0 Å². The SMILES string of the molecule is CCOc1cc(-c2ccc(N3CCC(CN(C(=O)CCCCN4CCN(c5ccc6c(c5)C(=O)N(C5CCC(=O)NC5=O)C6)CC4)C(C)C)(NC(=O)c4cc(F)ccc4F)CC3)nc2)c2c(C#N)cnn2c1. The van der Waals surface area contributed by atoms with Crippen molar-refractivity contribution in [2.45, 2.75) is 89.9 Å². The van der Waals surface area contributed by atoms with Crippen LogP contribution >= 0.6 is 0 Å². The maximum absolute atomic E-state index is 15.0. The summed E-state index contributed by atoms with van der Waals surface area (Å²) in [5.41, 5.74) is 3.61. The molecule has 3 saturated heterocycles. The molecule has 17 nitrogen and oxygen atoms in total. The van der Waals surface area contributed by atoms with E-state index in [1.807, 2.05) is 57.2 Å². The van der Waals surface area contributed by atoms with Gasteiger partial charge in [0.2, 0.25) is 17.7 Å². The fraction of sp³-hybridized carbons (Fsp3) is 0.434. The molecule has 0 bridgehead atoms. The summed E-state index contributed by atoms with van der Waals surface area (Å²) in [5.74, 6) is -2.02. The van der Waals surface area contributed by atoms with Crippen molar-refractivity contribution in [1.29, 1.82) is 5.26 Å². The Labute approximate surface area is 416 Å². The lowest BCUT2D eigenvalue weighted by atomic mass is 9.85. The number of hydrogen-bond acceptors (Lipinski definition) is 12. The Bertz CT molecular complexity index is 2920. The highest BCUT2D eigenvalue weighted by Crippen LogP contribution is 2.35. The number of carbonyl (C=O) groups excluding carboxylic acids is 5. The number of piperazine rings is 1. The topological polar surface area (TPSA) is 189 Å². The first-order chi connectivity index (χ1) is 34.7. The van der Waals surface area contributed by atoms with Gasteiger partial charge in [-0.2, -0.15) is 10.4 Å². The number of unbranched alkanes of at least 4 members (excludes halogenated alkanes) is 1. The van der Waals surface area contributed by atoms with Crippen LogP contribution in [0.3, 0.4) is 0 Å². The Morgan fingerprint density at radius 2 is 1.75 bits per heavy atom. The van der Waals surface area contributed by atoms with Crippen LogP contribution in [-0.4, -0.2) is 135 Å². The molecule has 2 N–H and O–H groups in total. The van der Waals surface area contributed by atoms with Crippen LogP contribution in [0.25, 0.3) is 16.6 Å². The van der Waals surface area contributed by atoms with Crippen molar-refractivity contribution in [3.8, 4) is 22.9 Å². The van der Waals surface area contributed by atoms with Gasteiger partial charge in [0.25, 0.3) is 11.8 Å². The summed E-state index contributed by atoms with van der Waals surface area (Å²) in [4.78, 5) is 80.4. The zero-order chi connectivity index (χ0) is 50.7. The van der Waals surface area contributed by atoms with Gasteiger partial charge >= 0.3 is 0 Å². The highest BCUT2D eigenvalue weighted by molar-refractivity contribution is 6.05. The number of piperidine rings is 2. The third kappa shape index (κ3) is 10.5. The molecule has 4 aliphatic heterocycles. The van der Waals surface area contributed by atoms with Gasteiger partial charge in [0.1, 0.15) is 35.3 Å². The molecule has 4 aliphatic rings. The third-order valence-corrected chi connectivity index (χ3v) is 14.5. The van der Waals surface area contributed by atoms with Gasteiger partial charge < -0.3 is 29.7 Å². The van der Waals surface area contributed by atoms with Crippen LogP contribution in [0.1, 0.15) is 97.6 Å². The van der Waals surface area contributed by atoms with E-state index in [1.165, 1.54) is 6.20 Å². The summed E-state index contributed by atoms with van der Waals surface area (Å²) in [5, 5.41) is 19.6. The molecule has 2 aromatic carbocycles. The first kappa shape index (κ1) is 49.5. The number of nitriles is 1. The summed E-state index contributed by atoms with van der Waals surface area (Å²) in [6.45, 7) is 11.6. The molecule has 9 rings (SSSR count). The lowest BCUT2D eigenvalue weighted by Gasteiger charge is -2.46. The number of fused-ring (bicyclic) bond motifs is 2. The number of imide groups is 1. The second-order valence-electron chi connectivity index (χ2n) is 19.4. The monoisotopic (exact) mass is 983 g/mol. The fourth-order valence-electron chi connectivity index (χ4n) is 10.5. The summed E-state index contributed by atoms with van der Waals surface area (Å²) in [6, 6.07) is 15.7. The average molecular weight is 984 g/mol. The van der Waals surface area contributed by atoms with Gasteiger partial charge in [-0.15, -0.1) is 0 Å². The van der Waals surface area contributed by atoms with Crippen molar-refractivity contribution in [3.63, 3.8) is 0 Å². The fourth-order valence-corrected chi connectivity index (χ4v) is 10.5. The molecule has 5 amide bonds. The van der Waals surface area contributed by atoms with Gasteiger partial charge in [-0.3, -0.25) is 34.2 Å². The number of benzene rings is 2. The number of anilines is 2. The number of nitrogens with one attached hydrogen (secondary N) is 2. The van der Waals surface area contributed by atoms with E-state index in [4.69, 9.17) is 9.72 Å². The predicted octanol–water partition coefficient (Wildman–Crippen LogP) is 5.70. The first-order valence-corrected chi connectivity index (χ1v) is 24.8. The number of amides is 5. The molecule has 0 saturated carbocycles. The molecule has 7 heterocycles. The van der Waals surface area contributed by atoms with Crippen LogP contribution in [0.4, 0.5) is 20.3 Å². The van der Waals surface area contributed by atoms with Gasteiger partial charge in [0.15, 0.2) is 0 Å². The molecule has 0 spiro atoms. The van der Waals surface area contributed by atoms with E-state index < -0.39 is 40.6 Å². The van der Waals surface area contributed by atoms with Gasteiger partial charge in [0, 0.05) is 99.8 Å². The zero-order valence-electron chi connectivity index (χ0n) is 40.8. The van der Waals surface area contributed by atoms with Crippen molar-refractivity contribution in [1.82, 2.24) is 39.9 Å². The molecule has 72 heavy (non-hydrogen) atoms. The van der Waals surface area contributed by atoms with E-state index in [2.05, 4.69) is 36.5 Å². The third-order valence-electron chi connectivity index (χ3n) is 14.5. The molecule has 1 unspecified atom stereocenters. The van der Waals surface area contributed by atoms with Crippen LogP contribution in [-0.2, 0) is 20.9 Å². The molecule has 5 aromatic rings. The maximum atomic E-state index is 15.0. The number of halogens is 2. The zero-order valence-corrected chi connectivity index (χ0v) is 40.8. The van der Waals surface area contributed by atoms with Crippen molar-refractivity contribution >= 4 is 46.6 Å². The van der Waals surface area contributed by atoms with Crippen molar-refractivity contribution in [3.05, 3.63) is 107 Å². The predicted molar refractivity (Wildman–Crippen MR) is 264 cm³/mol. The van der Waals surface area contributed by atoms with E-state index in [9.17, 15) is 33.6 Å². The van der Waals surface area contributed by atoms with Crippen LogP contribution in [0.2, 0.25) is 0 Å². The molecule has 19 heteroatoms. The molecule has 376 valence electrons. The first-order valence-electron chi connectivity index (χ1n) is 24.8. The molecule has 0 aliphatic carbocycles. The smallest absolute Gasteiger partial charge is 0.255 e. The minimum Gasteiger partial charge on any atom is -0.492 e. The second kappa shape index (κ2) is 21.1. The van der Waals surface area contributed by atoms with Gasteiger partial charge in [0.05, 0.1) is 41.2 Å². The Morgan fingerprint density at radius 3 is 2.46 bits per heavy atom. The second-order valence-corrected chi connectivity index (χ2v) is 19.4. The molecular formula is C53H59F2N11O6. The summed E-state index contributed by atoms with van der Waals surface area (Å²) >= 11 is 0. The van der Waals surface area contributed by atoms with E-state index >= 15 is 4.39 Å². The molecule has 3 aromatic heterocycles. The summed E-state index contributed by atoms with van der Waals surface area (Å²) in [7, 11) is 0. The minimum absolute atomic E-state index is 0.0531. The van der Waals surface area contributed by atoms with Gasteiger partial charge in [-0.1, -0.05) is 6.07 Å². The van der Waals surface area contributed by atoms with Crippen molar-refractivity contribution in [2.75, 3.05) is 68.8 Å². The Kier molecular flexibility index (Phi) is 14.5. The lowest BCUT2D eigenvalue weighted by Crippen LogP contribution is -2.62. The lowest BCUT2D eigenvalue weighted by molar-refractivity contribution is -0.137. The van der Waals surface area contributed by atoms with E-state index in [0.717, 1.165) is 79.7 Å². The largest absolute Gasteiger partial charge is 0.492 e. The van der Waals surface area contributed by atoms with Gasteiger partial charge in [-0.05, 0) is 114 Å². The highest BCUT2D eigenvalue weighted by atomic mass is 19.1. The molecule has 3 fully saturated rings. The molecule has 1 atom stereocenters. The van der Waals surface area contributed by atoms with Crippen LogP contribution in [0, 0.1) is 23.0 Å². The number of carbonyl (C=O) groups is 5. The molecular weight excluding hydrogens is 925 g/mol. The number of pyridine rings is 2. The quantitative estimate of drug-likeness (QED) is 0.0908. The Morgan fingerprint density at radius 1 is 0.958 bits per heavy atom. The van der Waals surface area contributed by atoms with Crippen LogP contribution < -0.4 is 25.2 Å². The summed E-state index contributed by atoms with van der Waals surface area (Å²) in [6.07, 6.45) is 8.06. The van der Waals surface area contributed by atoms with Crippen molar-refractivity contribution < 1.29 is 37.5 Å². The number of hydrogen-bond donors (Lipinski definition) is 2. The maximum Gasteiger partial charge on any atom is 0.255 e. The standard InChI is InChI=1S/C53H59F2N11O6/c1-4-72-40-27-41(49-37(28-56)30-58-66(49)32-40)35-9-14-46(57-29-35)63-19-16-53(17-20-63,60-50(69)43-25-38(54)10-12-44(43)55)33-65(34(2)3)48(68)7-5-6-18-61-21-23-62(24-22-61)39-11-8-36-31-64(52(71)42(36)26-39)45-13-15-47(67)59-51(45)70/h8-12,14,25-27,29-30,32,34,45H,4-7,13,15-24,31,33H2,1-3H3,(H,60,69)(H,59,67,70). The average Bonchev–Trinajstić information content (AvgIpc) is 3.95. The molecule has 0 radical (unpaired) electrons. The number of aromatic nitrogens is 3.